The standard InChI is InChI=1S/C14H14BrFN2O/c1-17-8-11-6-7-18-14(13(11)16)19-9-10-2-4-12(15)5-3-10/h2-7,17H,8-9H2,1H3. The summed E-state index contributed by atoms with van der Waals surface area (Å²) in [6.45, 7) is 0.739. The molecule has 0 spiro atoms. The van der Waals surface area contributed by atoms with Crippen LogP contribution in [0.15, 0.2) is 41.0 Å². The molecule has 1 heterocycles. The van der Waals surface area contributed by atoms with Gasteiger partial charge in [0, 0.05) is 22.8 Å². The highest BCUT2D eigenvalue weighted by molar-refractivity contribution is 9.10. The molecule has 2 rings (SSSR count). The molecule has 19 heavy (non-hydrogen) atoms. The largest absolute Gasteiger partial charge is 0.471 e. The van der Waals surface area contributed by atoms with Crippen molar-refractivity contribution in [2.24, 2.45) is 0 Å². The van der Waals surface area contributed by atoms with E-state index in [-0.39, 0.29) is 5.88 Å². The van der Waals surface area contributed by atoms with Gasteiger partial charge in [0.05, 0.1) is 0 Å². The zero-order chi connectivity index (χ0) is 13.7. The SMILES string of the molecule is CNCc1ccnc(OCc2ccc(Br)cc2)c1F. The van der Waals surface area contributed by atoms with Crippen LogP contribution in [0.5, 0.6) is 5.88 Å². The van der Waals surface area contributed by atoms with Crippen LogP contribution in [0.3, 0.4) is 0 Å². The average molecular weight is 325 g/mol. The van der Waals surface area contributed by atoms with Gasteiger partial charge in [-0.2, -0.15) is 0 Å². The Hall–Kier alpha value is -1.46. The number of benzene rings is 1. The minimum Gasteiger partial charge on any atom is -0.471 e. The Kier molecular flexibility index (Phi) is 4.87. The van der Waals surface area contributed by atoms with Gasteiger partial charge in [0.25, 0.3) is 5.88 Å². The van der Waals surface area contributed by atoms with Crippen LogP contribution in [-0.2, 0) is 13.2 Å². The predicted octanol–water partition coefficient (Wildman–Crippen LogP) is 3.28. The molecule has 3 nitrogen and oxygen atoms in total. The number of hydrogen-bond donors (Lipinski definition) is 1. The molecule has 0 atom stereocenters. The van der Waals surface area contributed by atoms with Crippen molar-refractivity contribution in [3.8, 4) is 5.88 Å². The van der Waals surface area contributed by atoms with Crippen molar-refractivity contribution >= 4 is 15.9 Å². The maximum atomic E-state index is 14.0. The van der Waals surface area contributed by atoms with Gasteiger partial charge in [-0.15, -0.1) is 0 Å². The van der Waals surface area contributed by atoms with Gasteiger partial charge in [0.2, 0.25) is 0 Å². The van der Waals surface area contributed by atoms with Crippen molar-refractivity contribution in [3.63, 3.8) is 0 Å². The maximum Gasteiger partial charge on any atom is 0.251 e. The number of nitrogens with one attached hydrogen (secondary N) is 1. The Morgan fingerprint density at radius 2 is 2.00 bits per heavy atom. The number of rotatable bonds is 5. The highest BCUT2D eigenvalue weighted by Gasteiger charge is 2.10. The Morgan fingerprint density at radius 1 is 1.26 bits per heavy atom. The number of pyridine rings is 1. The molecule has 0 fully saturated rings. The van der Waals surface area contributed by atoms with Crippen LogP contribution in [-0.4, -0.2) is 12.0 Å². The van der Waals surface area contributed by atoms with Gasteiger partial charge in [0.15, 0.2) is 5.82 Å². The number of aromatic nitrogens is 1. The first-order valence-corrected chi connectivity index (χ1v) is 6.65. The van der Waals surface area contributed by atoms with Gasteiger partial charge in [0.1, 0.15) is 6.61 Å². The molecule has 0 aliphatic carbocycles. The van der Waals surface area contributed by atoms with Crippen LogP contribution < -0.4 is 10.1 Å². The highest BCUT2D eigenvalue weighted by atomic mass is 79.9. The van der Waals surface area contributed by atoms with E-state index in [1.165, 1.54) is 0 Å². The predicted molar refractivity (Wildman–Crippen MR) is 75.4 cm³/mol. The van der Waals surface area contributed by atoms with Gasteiger partial charge in [-0.1, -0.05) is 28.1 Å². The van der Waals surface area contributed by atoms with Crippen LogP contribution in [0.4, 0.5) is 4.39 Å². The van der Waals surface area contributed by atoms with Gasteiger partial charge >= 0.3 is 0 Å². The molecule has 0 radical (unpaired) electrons. The van der Waals surface area contributed by atoms with E-state index in [0.717, 1.165) is 10.0 Å². The monoisotopic (exact) mass is 324 g/mol. The fraction of sp³-hybridized carbons (Fsp3) is 0.214. The molecule has 1 N–H and O–H groups in total. The normalized spacial score (nSPS) is 10.5. The first kappa shape index (κ1) is 14.0. The lowest BCUT2D eigenvalue weighted by Gasteiger charge is -2.09. The second-order valence-corrected chi connectivity index (χ2v) is 4.95. The minimum absolute atomic E-state index is 0.0377. The summed E-state index contributed by atoms with van der Waals surface area (Å²) in [4.78, 5) is 3.92. The maximum absolute atomic E-state index is 14.0. The Labute approximate surface area is 119 Å². The third kappa shape index (κ3) is 3.75. The molecule has 0 saturated carbocycles. The molecule has 0 saturated heterocycles. The molecule has 0 bridgehead atoms. The summed E-state index contributed by atoms with van der Waals surface area (Å²) in [6.07, 6.45) is 1.55. The van der Waals surface area contributed by atoms with Crippen molar-refractivity contribution in [2.45, 2.75) is 13.2 Å². The lowest BCUT2D eigenvalue weighted by molar-refractivity contribution is 0.276. The number of hydrogen-bond acceptors (Lipinski definition) is 3. The third-order valence-electron chi connectivity index (χ3n) is 2.59. The lowest BCUT2D eigenvalue weighted by atomic mass is 10.2. The summed E-state index contributed by atoms with van der Waals surface area (Å²) in [5.41, 5.74) is 1.51. The van der Waals surface area contributed by atoms with E-state index in [1.54, 1.807) is 19.3 Å². The van der Waals surface area contributed by atoms with Gasteiger partial charge < -0.3 is 10.1 Å². The molecule has 0 aliphatic heterocycles. The van der Waals surface area contributed by atoms with E-state index in [1.807, 2.05) is 24.3 Å². The molecule has 5 heteroatoms. The van der Waals surface area contributed by atoms with Crippen LogP contribution in [0.2, 0.25) is 0 Å². The first-order chi connectivity index (χ1) is 9.20. The Balaban J connectivity index is 2.07. The van der Waals surface area contributed by atoms with E-state index in [9.17, 15) is 4.39 Å². The van der Waals surface area contributed by atoms with Crippen LogP contribution in [0.1, 0.15) is 11.1 Å². The van der Waals surface area contributed by atoms with Crippen LogP contribution in [0, 0.1) is 5.82 Å². The lowest BCUT2D eigenvalue weighted by Crippen LogP contribution is -2.09. The van der Waals surface area contributed by atoms with E-state index >= 15 is 0 Å². The summed E-state index contributed by atoms with van der Waals surface area (Å²) in [5.74, 6) is -0.371. The van der Waals surface area contributed by atoms with Crippen molar-refractivity contribution < 1.29 is 9.13 Å². The molecular weight excluding hydrogens is 311 g/mol. The second kappa shape index (κ2) is 6.63. The number of ether oxygens (including phenoxy) is 1. The van der Waals surface area contributed by atoms with Crippen molar-refractivity contribution in [3.05, 3.63) is 57.9 Å². The highest BCUT2D eigenvalue weighted by Crippen LogP contribution is 2.19. The van der Waals surface area contributed by atoms with Crippen molar-refractivity contribution in [1.82, 2.24) is 10.3 Å². The zero-order valence-corrected chi connectivity index (χ0v) is 12.1. The summed E-state index contributed by atoms with van der Waals surface area (Å²) >= 11 is 3.36. The Morgan fingerprint density at radius 3 is 2.68 bits per heavy atom. The van der Waals surface area contributed by atoms with Crippen LogP contribution >= 0.6 is 15.9 Å². The fourth-order valence-electron chi connectivity index (χ4n) is 1.62. The van der Waals surface area contributed by atoms with E-state index in [2.05, 4.69) is 26.2 Å². The molecule has 0 unspecified atom stereocenters. The van der Waals surface area contributed by atoms with E-state index in [0.29, 0.717) is 18.7 Å². The van der Waals surface area contributed by atoms with Gasteiger partial charge in [-0.3, -0.25) is 0 Å². The summed E-state index contributed by atoms with van der Waals surface area (Å²) in [6, 6.07) is 9.30. The first-order valence-electron chi connectivity index (χ1n) is 5.86. The second-order valence-electron chi connectivity index (χ2n) is 4.03. The van der Waals surface area contributed by atoms with Crippen molar-refractivity contribution in [1.29, 1.82) is 0 Å². The number of halogens is 2. The smallest absolute Gasteiger partial charge is 0.251 e. The fourth-order valence-corrected chi connectivity index (χ4v) is 1.89. The van der Waals surface area contributed by atoms with Crippen molar-refractivity contribution in [2.75, 3.05) is 7.05 Å². The Bertz CT molecular complexity index is 546. The molecule has 1 aromatic carbocycles. The summed E-state index contributed by atoms with van der Waals surface area (Å²) < 4.78 is 20.4. The molecule has 0 aliphatic rings. The van der Waals surface area contributed by atoms with E-state index < -0.39 is 5.82 Å². The summed E-state index contributed by atoms with van der Waals surface area (Å²) in [7, 11) is 1.77. The topological polar surface area (TPSA) is 34.2 Å². The van der Waals surface area contributed by atoms with E-state index in [4.69, 9.17) is 4.74 Å². The zero-order valence-electron chi connectivity index (χ0n) is 10.5. The number of nitrogens with zero attached hydrogens (tertiary/aromatic N) is 1. The summed E-state index contributed by atoms with van der Waals surface area (Å²) in [5, 5.41) is 2.90. The molecule has 0 amide bonds. The third-order valence-corrected chi connectivity index (χ3v) is 3.12. The molecule has 2 aromatic rings. The van der Waals surface area contributed by atoms with Gasteiger partial charge in [-0.05, 0) is 30.8 Å². The van der Waals surface area contributed by atoms with Crippen LogP contribution in [0.25, 0.3) is 0 Å². The molecule has 100 valence electrons. The molecule has 1 aromatic heterocycles. The average Bonchev–Trinajstić information content (AvgIpc) is 2.42. The van der Waals surface area contributed by atoms with Gasteiger partial charge in [-0.25, -0.2) is 9.37 Å². The quantitative estimate of drug-likeness (QED) is 0.916. The minimum atomic E-state index is -0.408. The molecular formula is C14H14BrFN2O.